The number of hydrogen-bond donors (Lipinski definition) is 0. The summed E-state index contributed by atoms with van der Waals surface area (Å²) in [6.07, 6.45) is 14.7. The molecule has 3 aromatic rings. The average molecular weight is 603 g/mol. The van der Waals surface area contributed by atoms with E-state index < -0.39 is 6.29 Å². The Morgan fingerprint density at radius 3 is 1.52 bits per heavy atom. The highest BCUT2D eigenvalue weighted by atomic mass is 16.7. The second kappa shape index (κ2) is 21.8. The van der Waals surface area contributed by atoms with Crippen LogP contribution in [0.2, 0.25) is 0 Å². The highest BCUT2D eigenvalue weighted by molar-refractivity contribution is 5.83. The first-order chi connectivity index (χ1) is 21.7. The number of unbranched alkanes of at least 4 members (excludes halogenated alkanes) is 9. The molecule has 44 heavy (non-hydrogen) atoms. The van der Waals surface area contributed by atoms with E-state index in [1.54, 1.807) is 0 Å². The molecule has 0 aliphatic rings. The fraction of sp³-hybridized carbons (Fsp3) is 0.550. The molecule has 0 saturated carbocycles. The van der Waals surface area contributed by atoms with Crippen LogP contribution < -0.4 is 9.47 Å². The minimum atomic E-state index is -0.418. The molecule has 0 spiro atoms. The van der Waals surface area contributed by atoms with Crippen LogP contribution in [-0.4, -0.2) is 32.2 Å². The third-order valence-corrected chi connectivity index (χ3v) is 8.09. The van der Waals surface area contributed by atoms with E-state index in [4.69, 9.17) is 18.9 Å². The Hall–Kier alpha value is -2.82. The van der Waals surface area contributed by atoms with Gasteiger partial charge in [-0.15, -0.1) is 0 Å². The first kappa shape index (κ1) is 35.7. The standard InChI is InChI=1S/C40H58O4/c1-5-9-12-13-14-19-30-41-35-26-22-33(23-27-35)37-20-15-16-21-38(37)34-24-28-36(29-25-34)44-40(43-32-18-11-7-3)39(8-4)42-31-17-10-6-2/h15-16,20-29,39-40H,5-14,17-19,30-32H2,1-4H3. The molecule has 3 rings (SSSR count). The minimum absolute atomic E-state index is 0.0911. The van der Waals surface area contributed by atoms with Gasteiger partial charge in [0.2, 0.25) is 6.29 Å². The molecule has 0 fully saturated rings. The second-order valence-electron chi connectivity index (χ2n) is 11.8. The van der Waals surface area contributed by atoms with Crippen LogP contribution in [0.3, 0.4) is 0 Å². The van der Waals surface area contributed by atoms with Crippen LogP contribution in [0.4, 0.5) is 0 Å². The normalized spacial score (nSPS) is 12.6. The number of benzene rings is 3. The first-order valence-electron chi connectivity index (χ1n) is 17.5. The van der Waals surface area contributed by atoms with Crippen molar-refractivity contribution < 1.29 is 18.9 Å². The predicted molar refractivity (Wildman–Crippen MR) is 186 cm³/mol. The lowest BCUT2D eigenvalue weighted by atomic mass is 9.94. The molecule has 0 saturated heterocycles. The lowest BCUT2D eigenvalue weighted by Gasteiger charge is -2.27. The molecular formula is C40H58O4. The zero-order valence-electron chi connectivity index (χ0n) is 28.0. The lowest BCUT2D eigenvalue weighted by Crippen LogP contribution is -2.36. The van der Waals surface area contributed by atoms with Crippen molar-refractivity contribution in [2.75, 3.05) is 19.8 Å². The molecule has 4 heteroatoms. The highest BCUT2D eigenvalue weighted by Crippen LogP contribution is 2.34. The van der Waals surface area contributed by atoms with E-state index in [0.29, 0.717) is 6.61 Å². The molecule has 4 nitrogen and oxygen atoms in total. The summed E-state index contributed by atoms with van der Waals surface area (Å²) in [5.74, 6) is 1.74. The van der Waals surface area contributed by atoms with Gasteiger partial charge >= 0.3 is 0 Å². The molecule has 0 aromatic heterocycles. The van der Waals surface area contributed by atoms with E-state index in [9.17, 15) is 0 Å². The van der Waals surface area contributed by atoms with Crippen LogP contribution in [0.5, 0.6) is 11.5 Å². The summed E-state index contributed by atoms with van der Waals surface area (Å²) in [6.45, 7) is 11.0. The summed E-state index contributed by atoms with van der Waals surface area (Å²) < 4.78 is 24.9. The van der Waals surface area contributed by atoms with Crippen LogP contribution in [0.25, 0.3) is 22.3 Å². The zero-order chi connectivity index (χ0) is 31.2. The Bertz CT molecular complexity index is 1120. The lowest BCUT2D eigenvalue weighted by molar-refractivity contribution is -0.165. The fourth-order valence-electron chi connectivity index (χ4n) is 5.38. The van der Waals surface area contributed by atoms with Gasteiger partial charge in [-0.3, -0.25) is 0 Å². The predicted octanol–water partition coefficient (Wildman–Crippen LogP) is 11.7. The first-order valence-corrected chi connectivity index (χ1v) is 17.5. The van der Waals surface area contributed by atoms with Crippen molar-refractivity contribution >= 4 is 0 Å². The molecule has 0 bridgehead atoms. The van der Waals surface area contributed by atoms with Crippen LogP contribution in [0, 0.1) is 0 Å². The maximum Gasteiger partial charge on any atom is 0.226 e. The quantitative estimate of drug-likeness (QED) is 0.0755. The van der Waals surface area contributed by atoms with E-state index >= 15 is 0 Å². The van der Waals surface area contributed by atoms with Crippen molar-refractivity contribution in [1.82, 2.24) is 0 Å². The zero-order valence-corrected chi connectivity index (χ0v) is 28.0. The van der Waals surface area contributed by atoms with Crippen molar-refractivity contribution in [3.63, 3.8) is 0 Å². The third kappa shape index (κ3) is 12.7. The molecule has 0 heterocycles. The molecule has 242 valence electrons. The summed E-state index contributed by atoms with van der Waals surface area (Å²) in [4.78, 5) is 0. The van der Waals surface area contributed by atoms with Crippen molar-refractivity contribution in [3.05, 3.63) is 72.8 Å². The van der Waals surface area contributed by atoms with Gasteiger partial charge in [-0.1, -0.05) is 134 Å². The van der Waals surface area contributed by atoms with Gasteiger partial charge in [-0.2, -0.15) is 0 Å². The number of ether oxygens (including phenoxy) is 4. The van der Waals surface area contributed by atoms with Gasteiger partial charge < -0.3 is 18.9 Å². The SMILES string of the molecule is CCCCCCCCOc1ccc(-c2ccccc2-c2ccc(OC(OCCCCC)C(CC)OCCCCC)cc2)cc1. The number of hydrogen-bond acceptors (Lipinski definition) is 4. The summed E-state index contributed by atoms with van der Waals surface area (Å²) in [5, 5.41) is 0. The Morgan fingerprint density at radius 2 is 0.955 bits per heavy atom. The smallest absolute Gasteiger partial charge is 0.226 e. The van der Waals surface area contributed by atoms with Crippen LogP contribution in [0.1, 0.15) is 111 Å². The van der Waals surface area contributed by atoms with E-state index in [0.717, 1.165) is 62.4 Å². The molecule has 0 N–H and O–H groups in total. The second-order valence-corrected chi connectivity index (χ2v) is 11.8. The molecule has 0 radical (unpaired) electrons. The monoisotopic (exact) mass is 602 g/mol. The van der Waals surface area contributed by atoms with E-state index in [-0.39, 0.29) is 6.10 Å². The van der Waals surface area contributed by atoms with Gasteiger partial charge in [0.1, 0.15) is 17.6 Å². The average Bonchev–Trinajstić information content (AvgIpc) is 3.06. The van der Waals surface area contributed by atoms with Gasteiger partial charge in [-0.25, -0.2) is 0 Å². The van der Waals surface area contributed by atoms with Gasteiger partial charge in [0.15, 0.2) is 0 Å². The summed E-state index contributed by atoms with van der Waals surface area (Å²) in [6, 6.07) is 25.5. The largest absolute Gasteiger partial charge is 0.494 e. The summed E-state index contributed by atoms with van der Waals surface area (Å²) in [5.41, 5.74) is 4.73. The van der Waals surface area contributed by atoms with Crippen LogP contribution in [0.15, 0.2) is 72.8 Å². The Kier molecular flexibility index (Phi) is 17.7. The van der Waals surface area contributed by atoms with Gasteiger partial charge in [0.05, 0.1) is 13.2 Å². The third-order valence-electron chi connectivity index (χ3n) is 8.09. The molecule has 0 aliphatic heterocycles. The Balaban J connectivity index is 1.64. The topological polar surface area (TPSA) is 36.9 Å². The van der Waals surface area contributed by atoms with Crippen molar-refractivity contribution in [2.24, 2.45) is 0 Å². The number of rotatable bonds is 24. The molecule has 0 amide bonds. The van der Waals surface area contributed by atoms with E-state index in [1.807, 2.05) is 0 Å². The Morgan fingerprint density at radius 1 is 0.477 bits per heavy atom. The van der Waals surface area contributed by atoms with Crippen molar-refractivity contribution in [3.8, 4) is 33.8 Å². The van der Waals surface area contributed by atoms with Crippen molar-refractivity contribution in [2.45, 2.75) is 124 Å². The van der Waals surface area contributed by atoms with Gasteiger partial charge in [0.25, 0.3) is 0 Å². The molecule has 2 unspecified atom stereocenters. The van der Waals surface area contributed by atoms with E-state index in [2.05, 4.69) is 100 Å². The maximum atomic E-state index is 6.43. The molecule has 3 aromatic carbocycles. The van der Waals surface area contributed by atoms with Gasteiger partial charge in [-0.05, 0) is 72.2 Å². The summed E-state index contributed by atoms with van der Waals surface area (Å²) >= 11 is 0. The highest BCUT2D eigenvalue weighted by Gasteiger charge is 2.23. The van der Waals surface area contributed by atoms with Gasteiger partial charge in [0, 0.05) is 6.61 Å². The van der Waals surface area contributed by atoms with E-state index in [1.165, 1.54) is 68.1 Å². The Labute approximate surface area is 268 Å². The molecular weight excluding hydrogens is 544 g/mol. The molecule has 2 atom stereocenters. The fourth-order valence-corrected chi connectivity index (χ4v) is 5.38. The van der Waals surface area contributed by atoms with Crippen molar-refractivity contribution in [1.29, 1.82) is 0 Å². The molecule has 0 aliphatic carbocycles. The maximum absolute atomic E-state index is 6.43. The van der Waals surface area contributed by atoms with Crippen LogP contribution in [-0.2, 0) is 9.47 Å². The van der Waals surface area contributed by atoms with Crippen LogP contribution >= 0.6 is 0 Å². The minimum Gasteiger partial charge on any atom is -0.494 e. The summed E-state index contributed by atoms with van der Waals surface area (Å²) in [7, 11) is 0.